The maximum atomic E-state index is 11.3. The van der Waals surface area contributed by atoms with E-state index in [2.05, 4.69) is 0 Å². The van der Waals surface area contributed by atoms with Gasteiger partial charge in [0.1, 0.15) is 18.1 Å². The van der Waals surface area contributed by atoms with Crippen LogP contribution in [0.15, 0.2) is 18.2 Å². The molecule has 0 unspecified atom stereocenters. The number of hydrogen-bond acceptors (Lipinski definition) is 4. The average molecular weight is 253 g/mol. The van der Waals surface area contributed by atoms with Gasteiger partial charge in [-0.25, -0.2) is 0 Å². The molecule has 0 radical (unpaired) electrons. The van der Waals surface area contributed by atoms with Crippen molar-refractivity contribution in [1.82, 2.24) is 0 Å². The molecule has 2 N–H and O–H groups in total. The van der Waals surface area contributed by atoms with Crippen molar-refractivity contribution >= 4 is 5.91 Å². The van der Waals surface area contributed by atoms with Gasteiger partial charge in [-0.2, -0.15) is 0 Å². The number of nitrogens with two attached hydrogens (primary N) is 1. The summed E-state index contributed by atoms with van der Waals surface area (Å²) >= 11 is 0. The van der Waals surface area contributed by atoms with Crippen molar-refractivity contribution < 1.29 is 19.0 Å². The Hall–Kier alpha value is -1.75. The number of carbonyl (C=O) groups excluding carboxylic acids is 1. The predicted octanol–water partition coefficient (Wildman–Crippen LogP) is 1.60. The minimum absolute atomic E-state index is 0.153. The monoisotopic (exact) mass is 253 g/mol. The van der Waals surface area contributed by atoms with Gasteiger partial charge in [0.15, 0.2) is 0 Å². The molecule has 5 nitrogen and oxygen atoms in total. The van der Waals surface area contributed by atoms with Crippen LogP contribution in [0.25, 0.3) is 0 Å². The van der Waals surface area contributed by atoms with E-state index in [0.29, 0.717) is 30.3 Å². The Morgan fingerprint density at radius 3 is 2.61 bits per heavy atom. The van der Waals surface area contributed by atoms with Crippen LogP contribution in [0.5, 0.6) is 11.5 Å². The van der Waals surface area contributed by atoms with E-state index < -0.39 is 5.91 Å². The summed E-state index contributed by atoms with van der Waals surface area (Å²) in [5, 5.41) is 0. The van der Waals surface area contributed by atoms with Gasteiger partial charge in [-0.15, -0.1) is 0 Å². The van der Waals surface area contributed by atoms with Gasteiger partial charge >= 0.3 is 0 Å². The first-order chi connectivity index (χ1) is 8.54. The highest BCUT2D eigenvalue weighted by atomic mass is 16.5. The standard InChI is InChI=1S/C13H19NO4/c1-9(2)17-6-7-18-12-5-4-10(16-3)8-11(12)13(14)15/h4-5,8-9H,6-7H2,1-3H3,(H2,14,15). The van der Waals surface area contributed by atoms with Crippen LogP contribution in [0.2, 0.25) is 0 Å². The number of carbonyl (C=O) groups is 1. The zero-order valence-corrected chi connectivity index (χ0v) is 10.9. The number of amides is 1. The molecular formula is C13H19NO4. The van der Waals surface area contributed by atoms with Crippen molar-refractivity contribution in [1.29, 1.82) is 0 Å². The molecule has 0 aliphatic rings. The van der Waals surface area contributed by atoms with Crippen molar-refractivity contribution in [2.75, 3.05) is 20.3 Å². The van der Waals surface area contributed by atoms with E-state index in [1.807, 2.05) is 13.8 Å². The summed E-state index contributed by atoms with van der Waals surface area (Å²) < 4.78 is 15.8. The molecule has 1 amide bonds. The van der Waals surface area contributed by atoms with Gasteiger partial charge in [0.25, 0.3) is 5.91 Å². The van der Waals surface area contributed by atoms with E-state index >= 15 is 0 Å². The molecule has 0 spiro atoms. The first-order valence-electron chi connectivity index (χ1n) is 5.77. The molecule has 0 saturated heterocycles. The first kappa shape index (κ1) is 14.3. The lowest BCUT2D eigenvalue weighted by Crippen LogP contribution is -2.16. The molecule has 18 heavy (non-hydrogen) atoms. The molecule has 100 valence electrons. The summed E-state index contributed by atoms with van der Waals surface area (Å²) in [4.78, 5) is 11.3. The van der Waals surface area contributed by atoms with E-state index in [9.17, 15) is 4.79 Å². The third-order valence-corrected chi connectivity index (χ3v) is 2.24. The second-order valence-corrected chi connectivity index (χ2v) is 3.99. The summed E-state index contributed by atoms with van der Waals surface area (Å²) in [6, 6.07) is 4.93. The van der Waals surface area contributed by atoms with E-state index in [0.717, 1.165) is 0 Å². The third kappa shape index (κ3) is 4.25. The maximum absolute atomic E-state index is 11.3. The van der Waals surface area contributed by atoms with Crippen molar-refractivity contribution in [3.05, 3.63) is 23.8 Å². The zero-order valence-electron chi connectivity index (χ0n) is 10.9. The summed E-state index contributed by atoms with van der Waals surface area (Å²) in [6.07, 6.45) is 0.153. The van der Waals surface area contributed by atoms with Gasteiger partial charge in [-0.1, -0.05) is 0 Å². The lowest BCUT2D eigenvalue weighted by molar-refractivity contribution is 0.0549. The summed E-state index contributed by atoms with van der Waals surface area (Å²) in [5.74, 6) is 0.457. The fourth-order valence-corrected chi connectivity index (χ4v) is 1.39. The Kier molecular flexibility index (Phi) is 5.45. The molecule has 0 saturated carbocycles. The van der Waals surface area contributed by atoms with Crippen molar-refractivity contribution in [3.8, 4) is 11.5 Å². The molecule has 0 bridgehead atoms. The lowest BCUT2D eigenvalue weighted by atomic mass is 10.2. The number of hydrogen-bond donors (Lipinski definition) is 1. The third-order valence-electron chi connectivity index (χ3n) is 2.24. The average Bonchev–Trinajstić information content (AvgIpc) is 2.34. The molecule has 5 heteroatoms. The molecule has 0 atom stereocenters. The number of ether oxygens (including phenoxy) is 3. The molecule has 0 heterocycles. The largest absolute Gasteiger partial charge is 0.497 e. The highest BCUT2D eigenvalue weighted by molar-refractivity contribution is 5.96. The summed E-state index contributed by atoms with van der Waals surface area (Å²) in [7, 11) is 1.52. The van der Waals surface area contributed by atoms with Crippen LogP contribution < -0.4 is 15.2 Å². The molecular weight excluding hydrogens is 234 g/mol. The second-order valence-electron chi connectivity index (χ2n) is 3.99. The quantitative estimate of drug-likeness (QED) is 0.749. The fourth-order valence-electron chi connectivity index (χ4n) is 1.39. The van der Waals surface area contributed by atoms with Crippen LogP contribution in [-0.4, -0.2) is 32.3 Å². The van der Waals surface area contributed by atoms with Crippen LogP contribution in [0.4, 0.5) is 0 Å². The van der Waals surface area contributed by atoms with E-state index in [4.69, 9.17) is 19.9 Å². The van der Waals surface area contributed by atoms with Crippen molar-refractivity contribution in [3.63, 3.8) is 0 Å². The molecule has 0 aliphatic heterocycles. The first-order valence-corrected chi connectivity index (χ1v) is 5.77. The van der Waals surface area contributed by atoms with Gasteiger partial charge < -0.3 is 19.9 Å². The number of benzene rings is 1. The van der Waals surface area contributed by atoms with Gasteiger partial charge in [0, 0.05) is 0 Å². The predicted molar refractivity (Wildman–Crippen MR) is 68.1 cm³/mol. The highest BCUT2D eigenvalue weighted by Crippen LogP contribution is 2.23. The summed E-state index contributed by atoms with van der Waals surface area (Å²) in [5.41, 5.74) is 5.59. The Morgan fingerprint density at radius 1 is 1.33 bits per heavy atom. The van der Waals surface area contributed by atoms with Crippen LogP contribution >= 0.6 is 0 Å². The lowest BCUT2D eigenvalue weighted by Gasteiger charge is -2.12. The molecule has 0 fully saturated rings. The van der Waals surface area contributed by atoms with Gasteiger partial charge in [-0.05, 0) is 32.0 Å². The smallest absolute Gasteiger partial charge is 0.252 e. The molecule has 0 aliphatic carbocycles. The normalized spacial score (nSPS) is 10.4. The Bertz CT molecular complexity index is 404. The van der Waals surface area contributed by atoms with E-state index in [1.54, 1.807) is 18.2 Å². The number of rotatable bonds is 7. The SMILES string of the molecule is COc1ccc(OCCOC(C)C)c(C(N)=O)c1. The molecule has 1 rings (SSSR count). The Labute approximate surface area is 107 Å². The van der Waals surface area contributed by atoms with Crippen LogP contribution in [0.1, 0.15) is 24.2 Å². The summed E-state index contributed by atoms with van der Waals surface area (Å²) in [6.45, 7) is 4.72. The van der Waals surface area contributed by atoms with Crippen LogP contribution in [-0.2, 0) is 4.74 Å². The van der Waals surface area contributed by atoms with E-state index in [-0.39, 0.29) is 6.10 Å². The molecule has 1 aromatic carbocycles. The fraction of sp³-hybridized carbons (Fsp3) is 0.462. The highest BCUT2D eigenvalue weighted by Gasteiger charge is 2.11. The van der Waals surface area contributed by atoms with Gasteiger partial charge in [0.05, 0.1) is 25.4 Å². The Balaban J connectivity index is 2.67. The second kappa shape index (κ2) is 6.86. The van der Waals surface area contributed by atoms with Crippen molar-refractivity contribution in [2.45, 2.75) is 20.0 Å². The minimum atomic E-state index is -0.548. The number of methoxy groups -OCH3 is 1. The molecule has 0 aromatic heterocycles. The van der Waals surface area contributed by atoms with Crippen molar-refractivity contribution in [2.24, 2.45) is 5.73 Å². The van der Waals surface area contributed by atoms with E-state index in [1.165, 1.54) is 7.11 Å². The van der Waals surface area contributed by atoms with Gasteiger partial charge in [-0.3, -0.25) is 4.79 Å². The number of primary amides is 1. The maximum Gasteiger partial charge on any atom is 0.252 e. The van der Waals surface area contributed by atoms with Crippen LogP contribution in [0.3, 0.4) is 0 Å². The molecule has 1 aromatic rings. The van der Waals surface area contributed by atoms with Gasteiger partial charge in [0.2, 0.25) is 0 Å². The minimum Gasteiger partial charge on any atom is -0.497 e. The topological polar surface area (TPSA) is 70.8 Å². The Morgan fingerprint density at radius 2 is 2.06 bits per heavy atom. The van der Waals surface area contributed by atoms with Crippen LogP contribution in [0, 0.1) is 0 Å². The zero-order chi connectivity index (χ0) is 13.5.